The summed E-state index contributed by atoms with van der Waals surface area (Å²) in [5.74, 6) is 0. The van der Waals surface area contributed by atoms with Crippen molar-refractivity contribution in [2.75, 3.05) is 13.5 Å². The summed E-state index contributed by atoms with van der Waals surface area (Å²) in [7, 11) is 0. The third kappa shape index (κ3) is 4.08. The minimum Gasteiger partial charge on any atom is -0.340 e. The molecular formula is C14H14N4O3. The van der Waals surface area contributed by atoms with Gasteiger partial charge in [-0.1, -0.05) is 12.2 Å². The van der Waals surface area contributed by atoms with E-state index >= 15 is 0 Å². The Kier molecular flexibility index (Phi) is 5.36. The standard InChI is InChI=1S/C14H14N4O3/c19-15-9-13-5-1-3-7-17(13)11-21-12-18-8-4-2-6-14(18)10-16-20/h1-10H,11-12H2/b13-9-,14-10+/i9+2,10+2. The molecule has 0 aromatic rings. The average Bonchev–Trinajstić information content (AvgIpc) is 2.51. The molecule has 0 bridgehead atoms. The van der Waals surface area contributed by atoms with Gasteiger partial charge >= 0.3 is 0 Å². The molecule has 2 aliphatic rings. The van der Waals surface area contributed by atoms with Crippen molar-refractivity contribution in [2.45, 2.75) is 0 Å². The lowest BCUT2D eigenvalue weighted by Gasteiger charge is -2.26. The molecule has 21 heavy (non-hydrogen) atoms. The summed E-state index contributed by atoms with van der Waals surface area (Å²) in [5, 5.41) is 5.53. The average molecular weight is 290 g/mol. The van der Waals surface area contributed by atoms with Gasteiger partial charge in [0, 0.05) is 12.4 Å². The van der Waals surface area contributed by atoms with Gasteiger partial charge in [-0.15, -0.1) is 9.81 Å². The molecule has 0 saturated heterocycles. The molecule has 2 heterocycles. The zero-order chi connectivity index (χ0) is 14.9. The summed E-state index contributed by atoms with van der Waals surface area (Å²) in [4.78, 5) is 24.1. The lowest BCUT2D eigenvalue weighted by molar-refractivity contribution is 0.0242. The quantitative estimate of drug-likeness (QED) is 0.703. The van der Waals surface area contributed by atoms with Crippen LogP contribution < -0.4 is 0 Å². The van der Waals surface area contributed by atoms with Gasteiger partial charge in [0.1, 0.15) is 13.5 Å². The predicted octanol–water partition coefficient (Wildman–Crippen LogP) is 2.90. The zero-order valence-electron chi connectivity index (χ0n) is 11.2. The van der Waals surface area contributed by atoms with Crippen molar-refractivity contribution in [1.29, 1.82) is 0 Å². The van der Waals surface area contributed by atoms with Gasteiger partial charge in [-0.3, -0.25) is 0 Å². The highest BCUT2D eigenvalue weighted by molar-refractivity contribution is 5.28. The number of rotatable bonds is 6. The molecule has 0 N–H and O–H groups in total. The fourth-order valence-electron chi connectivity index (χ4n) is 1.79. The first-order valence-corrected chi connectivity index (χ1v) is 6.21. The Morgan fingerprint density at radius 2 is 1.33 bits per heavy atom. The highest BCUT2D eigenvalue weighted by Gasteiger charge is 2.10. The molecule has 0 saturated carbocycles. The van der Waals surface area contributed by atoms with E-state index in [2.05, 4.69) is 10.4 Å². The molecule has 7 nitrogen and oxygen atoms in total. The fraction of sp³-hybridized carbons (Fsp3) is 0.143. The number of hydrogen-bond acceptors (Lipinski definition) is 7. The smallest absolute Gasteiger partial charge is 0.125 e. The van der Waals surface area contributed by atoms with Crippen LogP contribution in [-0.2, 0) is 4.74 Å². The molecule has 0 radical (unpaired) electrons. The van der Waals surface area contributed by atoms with Crippen molar-refractivity contribution in [1.82, 2.24) is 9.80 Å². The fourth-order valence-corrected chi connectivity index (χ4v) is 1.79. The van der Waals surface area contributed by atoms with E-state index in [4.69, 9.17) is 4.74 Å². The highest BCUT2D eigenvalue weighted by atomic mass is 16.5. The maximum atomic E-state index is 10.3. The van der Waals surface area contributed by atoms with Gasteiger partial charge in [0.05, 0.1) is 23.8 Å². The van der Waals surface area contributed by atoms with Crippen molar-refractivity contribution in [3.8, 4) is 0 Å². The van der Waals surface area contributed by atoms with E-state index < -0.39 is 0 Å². The van der Waals surface area contributed by atoms with Crippen LogP contribution in [0.4, 0.5) is 0 Å². The van der Waals surface area contributed by atoms with Gasteiger partial charge in [0.25, 0.3) is 0 Å². The second kappa shape index (κ2) is 7.71. The molecular weight excluding hydrogens is 276 g/mol. The molecule has 0 amide bonds. The molecule has 0 spiro atoms. The van der Waals surface area contributed by atoms with Crippen LogP contribution in [0.15, 0.2) is 83.0 Å². The van der Waals surface area contributed by atoms with E-state index in [1.165, 1.54) is 12.4 Å². The normalized spacial score (nSPS) is 20.6. The van der Waals surface area contributed by atoms with Gasteiger partial charge < -0.3 is 14.5 Å². The second-order valence-electron chi connectivity index (χ2n) is 4.12. The second-order valence-corrected chi connectivity index (χ2v) is 4.12. The summed E-state index contributed by atoms with van der Waals surface area (Å²) in [6, 6.07) is 0. The van der Waals surface area contributed by atoms with Crippen molar-refractivity contribution in [2.24, 2.45) is 10.4 Å². The molecule has 0 aliphatic carbocycles. The van der Waals surface area contributed by atoms with Gasteiger partial charge in [-0.25, -0.2) is 0 Å². The van der Waals surface area contributed by atoms with Crippen LogP contribution in [0.1, 0.15) is 0 Å². The van der Waals surface area contributed by atoms with Gasteiger partial charge in [0.15, 0.2) is 0 Å². The topological polar surface area (TPSA) is 74.6 Å². The van der Waals surface area contributed by atoms with Gasteiger partial charge in [-0.2, -0.15) is 0 Å². The number of ether oxygens (including phenoxy) is 1. The van der Waals surface area contributed by atoms with Crippen LogP contribution in [0.5, 0.6) is 0 Å². The van der Waals surface area contributed by atoms with E-state index in [9.17, 15) is 9.81 Å². The largest absolute Gasteiger partial charge is 0.340 e. The molecule has 2 rings (SSSR count). The Balaban J connectivity index is 1.89. The van der Waals surface area contributed by atoms with E-state index in [1.54, 1.807) is 34.4 Å². The Labute approximate surface area is 121 Å². The number of nitroso groups, excluding NO2 is 2. The van der Waals surface area contributed by atoms with E-state index in [0.29, 0.717) is 11.4 Å². The van der Waals surface area contributed by atoms with Crippen molar-refractivity contribution >= 4 is 0 Å². The third-order valence-electron chi connectivity index (χ3n) is 2.78. The van der Waals surface area contributed by atoms with Crippen molar-refractivity contribution in [3.63, 3.8) is 0 Å². The Hall–Kier alpha value is -2.80. The number of allylic oxidation sites excluding steroid dienone is 6. The summed E-state index contributed by atoms with van der Waals surface area (Å²) in [6.45, 7) is 0.496. The summed E-state index contributed by atoms with van der Waals surface area (Å²) >= 11 is 0. The summed E-state index contributed by atoms with van der Waals surface area (Å²) in [6.07, 6.45) is 16.8. The Morgan fingerprint density at radius 3 is 1.76 bits per heavy atom. The highest BCUT2D eigenvalue weighted by Crippen LogP contribution is 2.15. The molecule has 0 unspecified atom stereocenters. The minimum absolute atomic E-state index is 0.248. The molecule has 0 fully saturated rings. The molecule has 0 aromatic carbocycles. The summed E-state index contributed by atoms with van der Waals surface area (Å²) < 4.78 is 5.58. The maximum Gasteiger partial charge on any atom is 0.125 e. The summed E-state index contributed by atoms with van der Waals surface area (Å²) in [5.41, 5.74) is 1.29. The lowest BCUT2D eigenvalue weighted by atomic mass is 10.3. The van der Waals surface area contributed by atoms with Crippen molar-refractivity contribution in [3.05, 3.63) is 82.5 Å². The monoisotopic (exact) mass is 290 g/mol. The van der Waals surface area contributed by atoms with Crippen LogP contribution in [0, 0.1) is 9.81 Å². The predicted molar refractivity (Wildman–Crippen MR) is 78.8 cm³/mol. The van der Waals surface area contributed by atoms with E-state index in [0.717, 1.165) is 0 Å². The van der Waals surface area contributed by atoms with Crippen LogP contribution in [-0.4, -0.2) is 23.3 Å². The lowest BCUT2D eigenvalue weighted by Crippen LogP contribution is -2.26. The van der Waals surface area contributed by atoms with Crippen LogP contribution >= 0.6 is 0 Å². The van der Waals surface area contributed by atoms with Crippen LogP contribution in [0.25, 0.3) is 0 Å². The maximum absolute atomic E-state index is 10.3. The molecule has 0 atom stereocenters. The zero-order valence-corrected chi connectivity index (χ0v) is 11.2. The Bertz CT molecular complexity index is 523. The molecule has 0 aromatic heterocycles. The van der Waals surface area contributed by atoms with E-state index in [1.807, 2.05) is 24.3 Å². The first-order valence-electron chi connectivity index (χ1n) is 6.21. The third-order valence-corrected chi connectivity index (χ3v) is 2.78. The van der Waals surface area contributed by atoms with Crippen LogP contribution in [0.3, 0.4) is 0 Å². The molecule has 108 valence electrons. The van der Waals surface area contributed by atoms with Crippen LogP contribution in [0.2, 0.25) is 0 Å². The van der Waals surface area contributed by atoms with Gasteiger partial charge in [0.2, 0.25) is 0 Å². The first-order chi connectivity index (χ1) is 10.3. The van der Waals surface area contributed by atoms with Crippen molar-refractivity contribution < 1.29 is 4.74 Å². The molecule has 2 aliphatic heterocycles. The van der Waals surface area contributed by atoms with Gasteiger partial charge in [-0.05, 0) is 34.7 Å². The Morgan fingerprint density at radius 1 is 0.857 bits per heavy atom. The number of hydrogen-bond donors (Lipinski definition) is 0. The SMILES string of the molecule is O=N/[14CH]=C1/C=CC=CN1COCN1C=CC=C/C1=[14CH]\N=O. The first kappa shape index (κ1) is 14.6. The van der Waals surface area contributed by atoms with E-state index in [-0.39, 0.29) is 13.5 Å². The number of nitrogens with zero attached hydrogens (tertiary/aromatic N) is 4. The minimum atomic E-state index is 0.248. The molecule has 7 heteroatoms.